The first kappa shape index (κ1) is 9.24. The molecule has 14 heavy (non-hydrogen) atoms. The second-order valence-corrected chi connectivity index (χ2v) is 3.86. The number of carbonyl (C=O) groups is 2. The molecule has 0 aromatic carbocycles. The van der Waals surface area contributed by atoms with Gasteiger partial charge in [-0.05, 0) is 18.3 Å². The van der Waals surface area contributed by atoms with Crippen LogP contribution in [0.15, 0.2) is 12.2 Å². The number of rotatable bonds is 2. The van der Waals surface area contributed by atoms with E-state index in [2.05, 4.69) is 4.74 Å². The van der Waals surface area contributed by atoms with Gasteiger partial charge in [0.05, 0.1) is 18.9 Å². The number of hydrogen-bond acceptors (Lipinski definition) is 3. The van der Waals surface area contributed by atoms with Gasteiger partial charge in [0.25, 0.3) is 0 Å². The topological polar surface area (TPSA) is 63.6 Å². The number of carbonyl (C=O) groups excluding carboxylic acids is 1. The predicted molar refractivity (Wildman–Crippen MR) is 47.4 cm³/mol. The van der Waals surface area contributed by atoms with Crippen LogP contribution in [0.4, 0.5) is 0 Å². The molecule has 1 saturated carbocycles. The highest BCUT2D eigenvalue weighted by atomic mass is 16.5. The van der Waals surface area contributed by atoms with Crippen LogP contribution in [-0.4, -0.2) is 24.2 Å². The van der Waals surface area contributed by atoms with Gasteiger partial charge in [-0.15, -0.1) is 0 Å². The van der Waals surface area contributed by atoms with E-state index >= 15 is 0 Å². The first-order valence-electron chi connectivity index (χ1n) is 4.64. The maximum Gasteiger partial charge on any atom is 0.310 e. The van der Waals surface area contributed by atoms with Crippen LogP contribution in [0.5, 0.6) is 0 Å². The van der Waals surface area contributed by atoms with E-state index in [9.17, 15) is 9.59 Å². The van der Waals surface area contributed by atoms with Crippen LogP contribution in [0.2, 0.25) is 0 Å². The van der Waals surface area contributed by atoms with Gasteiger partial charge in [-0.3, -0.25) is 9.59 Å². The Balaban J connectivity index is 2.26. The molecule has 0 saturated heterocycles. The van der Waals surface area contributed by atoms with Crippen LogP contribution in [0, 0.1) is 23.7 Å². The second-order valence-electron chi connectivity index (χ2n) is 3.86. The van der Waals surface area contributed by atoms with E-state index in [4.69, 9.17) is 5.11 Å². The fourth-order valence-electron chi connectivity index (χ4n) is 2.62. The van der Waals surface area contributed by atoms with Crippen LogP contribution >= 0.6 is 0 Å². The molecule has 76 valence electrons. The van der Waals surface area contributed by atoms with Crippen molar-refractivity contribution >= 4 is 11.9 Å². The fourth-order valence-corrected chi connectivity index (χ4v) is 2.62. The Labute approximate surface area is 81.6 Å². The molecule has 0 amide bonds. The number of fused-ring (bicyclic) bond motifs is 2. The summed E-state index contributed by atoms with van der Waals surface area (Å²) >= 11 is 0. The third kappa shape index (κ3) is 1.14. The molecule has 0 aliphatic heterocycles. The Morgan fingerprint density at radius 2 is 1.86 bits per heavy atom. The summed E-state index contributed by atoms with van der Waals surface area (Å²) in [6.45, 7) is 0. The molecular weight excluding hydrogens is 184 g/mol. The molecule has 2 rings (SSSR count). The van der Waals surface area contributed by atoms with Crippen molar-refractivity contribution in [3.05, 3.63) is 12.2 Å². The van der Waals surface area contributed by atoms with E-state index in [1.54, 1.807) is 0 Å². The second kappa shape index (κ2) is 3.12. The van der Waals surface area contributed by atoms with E-state index in [0.29, 0.717) is 0 Å². The lowest BCUT2D eigenvalue weighted by Crippen LogP contribution is -2.33. The molecule has 2 bridgehead atoms. The SMILES string of the molecule is COC(=O)[C@H]1[C@@H](C(=O)O)[C@H]2C=C[C@H]1C2. The van der Waals surface area contributed by atoms with Gasteiger partial charge in [0, 0.05) is 0 Å². The van der Waals surface area contributed by atoms with Gasteiger partial charge < -0.3 is 9.84 Å². The lowest BCUT2D eigenvalue weighted by Gasteiger charge is -2.21. The number of ether oxygens (including phenoxy) is 1. The van der Waals surface area contributed by atoms with E-state index in [1.807, 2.05) is 12.2 Å². The number of hydrogen-bond donors (Lipinski definition) is 1. The molecule has 4 nitrogen and oxygen atoms in total. The molecule has 2 aliphatic carbocycles. The van der Waals surface area contributed by atoms with E-state index < -0.39 is 23.8 Å². The highest BCUT2D eigenvalue weighted by Gasteiger charge is 2.52. The highest BCUT2D eigenvalue weighted by Crippen LogP contribution is 2.48. The summed E-state index contributed by atoms with van der Waals surface area (Å²) in [6.07, 6.45) is 4.62. The van der Waals surface area contributed by atoms with Crippen molar-refractivity contribution in [1.29, 1.82) is 0 Å². The molecule has 0 radical (unpaired) electrons. The van der Waals surface area contributed by atoms with E-state index in [-0.39, 0.29) is 11.8 Å². The number of aliphatic carboxylic acids is 1. The minimum absolute atomic E-state index is 0.0154. The average molecular weight is 196 g/mol. The van der Waals surface area contributed by atoms with Crippen molar-refractivity contribution in [1.82, 2.24) is 0 Å². The summed E-state index contributed by atoms with van der Waals surface area (Å²) in [5.41, 5.74) is 0. The molecule has 1 fully saturated rings. The van der Waals surface area contributed by atoms with Gasteiger partial charge in [-0.25, -0.2) is 0 Å². The third-order valence-electron chi connectivity index (χ3n) is 3.22. The lowest BCUT2D eigenvalue weighted by molar-refractivity contribution is -0.156. The Kier molecular flexibility index (Phi) is 2.06. The van der Waals surface area contributed by atoms with Crippen LogP contribution in [0.1, 0.15) is 6.42 Å². The van der Waals surface area contributed by atoms with E-state index in [0.717, 1.165) is 6.42 Å². The summed E-state index contributed by atoms with van der Waals surface area (Å²) in [5, 5.41) is 9.01. The normalized spacial score (nSPS) is 38.6. The van der Waals surface area contributed by atoms with Gasteiger partial charge >= 0.3 is 11.9 Å². The summed E-state index contributed by atoms with van der Waals surface area (Å²) < 4.78 is 4.63. The Hall–Kier alpha value is -1.32. The average Bonchev–Trinajstić information content (AvgIpc) is 2.74. The van der Waals surface area contributed by atoms with Crippen molar-refractivity contribution in [2.45, 2.75) is 6.42 Å². The predicted octanol–water partition coefficient (Wildman–Crippen LogP) is 0.682. The number of carboxylic acids is 1. The lowest BCUT2D eigenvalue weighted by atomic mass is 9.83. The Morgan fingerprint density at radius 3 is 2.36 bits per heavy atom. The molecular formula is C10H12O4. The first-order valence-corrected chi connectivity index (χ1v) is 4.64. The van der Waals surface area contributed by atoms with Gasteiger partial charge in [0.1, 0.15) is 0 Å². The Morgan fingerprint density at radius 1 is 1.29 bits per heavy atom. The fraction of sp³-hybridized carbons (Fsp3) is 0.600. The van der Waals surface area contributed by atoms with Crippen LogP contribution in [-0.2, 0) is 14.3 Å². The maximum atomic E-state index is 11.4. The zero-order valence-electron chi connectivity index (χ0n) is 7.84. The van der Waals surface area contributed by atoms with Crippen LogP contribution in [0.25, 0.3) is 0 Å². The molecule has 4 heteroatoms. The number of methoxy groups -OCH3 is 1. The standard InChI is InChI=1S/C10H12O4/c1-14-10(13)8-6-3-2-5(4-6)7(8)9(11)12/h2-3,5-8H,4H2,1H3,(H,11,12)/t5-,6-,7-,8+/m0/s1. The molecule has 4 atom stereocenters. The minimum atomic E-state index is -0.891. The highest BCUT2D eigenvalue weighted by molar-refractivity contribution is 5.83. The minimum Gasteiger partial charge on any atom is -0.481 e. The number of allylic oxidation sites excluding steroid dienone is 2. The van der Waals surface area contributed by atoms with Gasteiger partial charge in [0.2, 0.25) is 0 Å². The quantitative estimate of drug-likeness (QED) is 0.521. The van der Waals surface area contributed by atoms with Gasteiger partial charge in [-0.2, -0.15) is 0 Å². The van der Waals surface area contributed by atoms with Crippen LogP contribution < -0.4 is 0 Å². The Bertz CT molecular complexity index is 307. The number of carboxylic acid groups (broad SMARTS) is 1. The molecule has 0 aromatic heterocycles. The summed E-state index contributed by atoms with van der Waals surface area (Å²) in [6, 6.07) is 0. The van der Waals surface area contributed by atoms with Crippen molar-refractivity contribution < 1.29 is 19.4 Å². The van der Waals surface area contributed by atoms with Crippen molar-refractivity contribution in [2.24, 2.45) is 23.7 Å². The largest absolute Gasteiger partial charge is 0.481 e. The van der Waals surface area contributed by atoms with Crippen molar-refractivity contribution in [2.75, 3.05) is 7.11 Å². The summed E-state index contributed by atoms with van der Waals surface area (Å²) in [7, 11) is 1.30. The van der Waals surface area contributed by atoms with Crippen molar-refractivity contribution in [3.8, 4) is 0 Å². The first-order chi connectivity index (χ1) is 6.65. The monoisotopic (exact) mass is 196 g/mol. The van der Waals surface area contributed by atoms with Gasteiger partial charge in [0.15, 0.2) is 0 Å². The van der Waals surface area contributed by atoms with Crippen LogP contribution in [0.3, 0.4) is 0 Å². The third-order valence-corrected chi connectivity index (χ3v) is 3.22. The molecule has 0 aromatic rings. The van der Waals surface area contributed by atoms with E-state index in [1.165, 1.54) is 7.11 Å². The zero-order chi connectivity index (χ0) is 10.3. The molecule has 0 unspecified atom stereocenters. The summed E-state index contributed by atoms with van der Waals surface area (Å²) in [4.78, 5) is 22.4. The molecule has 0 heterocycles. The summed E-state index contributed by atoms with van der Waals surface area (Å²) in [5.74, 6) is -2.27. The molecule has 2 aliphatic rings. The smallest absolute Gasteiger partial charge is 0.310 e. The number of esters is 1. The van der Waals surface area contributed by atoms with Crippen molar-refractivity contribution in [3.63, 3.8) is 0 Å². The molecule has 1 N–H and O–H groups in total. The van der Waals surface area contributed by atoms with Gasteiger partial charge in [-0.1, -0.05) is 12.2 Å². The maximum absolute atomic E-state index is 11.4. The zero-order valence-corrected chi connectivity index (χ0v) is 7.84. The molecule has 0 spiro atoms.